The van der Waals surface area contributed by atoms with Crippen LogP contribution in [0.5, 0.6) is 5.75 Å². The van der Waals surface area contributed by atoms with Gasteiger partial charge in [0.1, 0.15) is 5.75 Å². The van der Waals surface area contributed by atoms with Crippen molar-refractivity contribution in [2.75, 3.05) is 7.11 Å². The van der Waals surface area contributed by atoms with E-state index in [1.807, 2.05) is 36.4 Å². The van der Waals surface area contributed by atoms with Gasteiger partial charge in [-0.25, -0.2) is 9.97 Å². The third-order valence-electron chi connectivity index (χ3n) is 6.14. The summed E-state index contributed by atoms with van der Waals surface area (Å²) in [5.41, 5.74) is 8.16. The number of nitrogens with zero attached hydrogens (tertiary/aromatic N) is 3. The lowest BCUT2D eigenvalue weighted by Gasteiger charge is -2.19. The van der Waals surface area contributed by atoms with Crippen LogP contribution in [0.3, 0.4) is 0 Å². The van der Waals surface area contributed by atoms with Gasteiger partial charge in [0.05, 0.1) is 29.5 Å². The van der Waals surface area contributed by atoms with Crippen molar-refractivity contribution >= 4 is 11.0 Å². The minimum Gasteiger partial charge on any atom is -0.497 e. The Morgan fingerprint density at radius 1 is 0.600 bits per heavy atom. The van der Waals surface area contributed by atoms with E-state index in [9.17, 15) is 0 Å². The maximum absolute atomic E-state index is 5.41. The SMILES string of the molecule is COc1ccc2[n-]c(-[n+]3c(-c4ccccc4)cc(-c4ccccc4)cc3-c3ccccc3)nc2c1. The molecule has 0 radical (unpaired) electrons. The zero-order chi connectivity index (χ0) is 23.6. The van der Waals surface area contributed by atoms with Gasteiger partial charge in [-0.05, 0) is 46.5 Å². The number of pyridine rings is 1. The summed E-state index contributed by atoms with van der Waals surface area (Å²) in [7, 11) is 1.66. The monoisotopic (exact) mass is 453 g/mol. The predicted molar refractivity (Wildman–Crippen MR) is 139 cm³/mol. The summed E-state index contributed by atoms with van der Waals surface area (Å²) < 4.78 is 7.57. The van der Waals surface area contributed by atoms with Crippen LogP contribution < -0.4 is 14.3 Å². The molecular weight excluding hydrogens is 430 g/mol. The van der Waals surface area contributed by atoms with E-state index in [2.05, 4.69) is 89.5 Å². The van der Waals surface area contributed by atoms with Gasteiger partial charge in [-0.2, -0.15) is 0 Å². The summed E-state index contributed by atoms with van der Waals surface area (Å²) in [4.78, 5) is 9.87. The van der Waals surface area contributed by atoms with Crippen molar-refractivity contribution in [2.24, 2.45) is 0 Å². The van der Waals surface area contributed by atoms with Crippen molar-refractivity contribution in [3.63, 3.8) is 0 Å². The molecular formula is C31H23N3O. The fourth-order valence-electron chi connectivity index (χ4n) is 4.41. The quantitative estimate of drug-likeness (QED) is 0.281. The highest BCUT2D eigenvalue weighted by molar-refractivity contribution is 5.78. The highest BCUT2D eigenvalue weighted by atomic mass is 16.5. The molecule has 0 bridgehead atoms. The molecule has 6 aromatic rings. The van der Waals surface area contributed by atoms with Gasteiger partial charge >= 0.3 is 0 Å². The topological polar surface area (TPSA) is 40.1 Å². The molecule has 2 aromatic heterocycles. The Hall–Kier alpha value is -4.70. The number of hydrogen-bond donors (Lipinski definition) is 0. The number of benzene rings is 4. The molecule has 0 saturated heterocycles. The first-order valence-corrected chi connectivity index (χ1v) is 11.6. The van der Waals surface area contributed by atoms with Crippen LogP contribution >= 0.6 is 0 Å². The van der Waals surface area contributed by atoms with Gasteiger partial charge in [0.2, 0.25) is 5.95 Å². The highest BCUT2D eigenvalue weighted by Crippen LogP contribution is 2.30. The smallest absolute Gasteiger partial charge is 0.235 e. The molecule has 4 nitrogen and oxygen atoms in total. The van der Waals surface area contributed by atoms with E-state index >= 15 is 0 Å². The zero-order valence-electron chi connectivity index (χ0n) is 19.3. The number of methoxy groups -OCH3 is 1. The number of ether oxygens (including phenoxy) is 1. The van der Waals surface area contributed by atoms with Gasteiger partial charge in [-0.3, -0.25) is 4.57 Å². The molecule has 0 unspecified atom stereocenters. The van der Waals surface area contributed by atoms with Crippen molar-refractivity contribution in [3.8, 4) is 45.3 Å². The second-order valence-corrected chi connectivity index (χ2v) is 8.33. The molecule has 0 aliphatic carbocycles. The van der Waals surface area contributed by atoms with Gasteiger partial charge in [-0.1, -0.05) is 91.0 Å². The van der Waals surface area contributed by atoms with Crippen molar-refractivity contribution in [1.29, 1.82) is 0 Å². The normalized spacial score (nSPS) is 11.0. The number of rotatable bonds is 5. The first-order valence-electron chi connectivity index (χ1n) is 11.6. The number of imidazole rings is 1. The van der Waals surface area contributed by atoms with Crippen LogP contribution in [0.15, 0.2) is 121 Å². The maximum atomic E-state index is 5.41. The summed E-state index contributed by atoms with van der Waals surface area (Å²) in [6, 6.07) is 41.5. The summed E-state index contributed by atoms with van der Waals surface area (Å²) in [5.74, 6) is 1.39. The molecule has 0 aliphatic rings. The minimum atomic E-state index is 0.630. The minimum absolute atomic E-state index is 0.630. The van der Waals surface area contributed by atoms with Gasteiger partial charge in [-0.15, -0.1) is 0 Å². The Balaban J connectivity index is 1.69. The molecule has 4 heteroatoms. The molecule has 35 heavy (non-hydrogen) atoms. The Labute approximate surface area is 204 Å². The predicted octanol–water partition coefficient (Wildman–Crippen LogP) is 6.48. The van der Waals surface area contributed by atoms with Crippen LogP contribution in [0, 0.1) is 0 Å². The van der Waals surface area contributed by atoms with Crippen molar-refractivity contribution in [2.45, 2.75) is 0 Å². The van der Waals surface area contributed by atoms with Crippen molar-refractivity contribution < 1.29 is 9.30 Å². The van der Waals surface area contributed by atoms with Crippen LogP contribution in [0.25, 0.3) is 50.6 Å². The number of hydrogen-bond acceptors (Lipinski definition) is 2. The zero-order valence-corrected chi connectivity index (χ0v) is 19.3. The van der Waals surface area contributed by atoms with Gasteiger partial charge in [0.15, 0.2) is 0 Å². The summed E-state index contributed by atoms with van der Waals surface area (Å²) >= 11 is 0. The summed E-state index contributed by atoms with van der Waals surface area (Å²) in [6.07, 6.45) is 0. The molecule has 2 heterocycles. The average Bonchev–Trinajstić information content (AvgIpc) is 3.37. The van der Waals surface area contributed by atoms with E-state index in [0.29, 0.717) is 5.95 Å². The van der Waals surface area contributed by atoms with E-state index in [1.54, 1.807) is 7.11 Å². The number of fused-ring (bicyclic) bond motifs is 1. The molecule has 168 valence electrons. The lowest BCUT2D eigenvalue weighted by Crippen LogP contribution is -2.38. The van der Waals surface area contributed by atoms with E-state index in [-0.39, 0.29) is 0 Å². The molecule has 4 aromatic carbocycles. The molecule has 6 rings (SSSR count). The Morgan fingerprint density at radius 3 is 1.69 bits per heavy atom. The first kappa shape index (κ1) is 20.9. The average molecular weight is 454 g/mol. The highest BCUT2D eigenvalue weighted by Gasteiger charge is 2.18. The lowest BCUT2D eigenvalue weighted by atomic mass is 9.99. The summed E-state index contributed by atoms with van der Waals surface area (Å²) in [5, 5.41) is 0. The Bertz CT molecular complexity index is 1550. The van der Waals surface area contributed by atoms with Gasteiger partial charge in [0, 0.05) is 6.07 Å². The first-order chi connectivity index (χ1) is 17.3. The fourth-order valence-corrected chi connectivity index (χ4v) is 4.41. The van der Waals surface area contributed by atoms with Crippen molar-refractivity contribution in [1.82, 2.24) is 9.97 Å². The van der Waals surface area contributed by atoms with E-state index in [4.69, 9.17) is 14.7 Å². The van der Waals surface area contributed by atoms with Crippen LogP contribution in [0.1, 0.15) is 0 Å². The van der Waals surface area contributed by atoms with E-state index < -0.39 is 0 Å². The lowest BCUT2D eigenvalue weighted by molar-refractivity contribution is -0.579. The van der Waals surface area contributed by atoms with Crippen LogP contribution in [0.2, 0.25) is 0 Å². The molecule has 0 fully saturated rings. The van der Waals surface area contributed by atoms with Crippen LogP contribution in [-0.2, 0) is 0 Å². The third-order valence-corrected chi connectivity index (χ3v) is 6.14. The molecule has 0 atom stereocenters. The van der Waals surface area contributed by atoms with E-state index in [1.165, 1.54) is 0 Å². The second-order valence-electron chi connectivity index (χ2n) is 8.33. The fraction of sp³-hybridized carbons (Fsp3) is 0.0323. The van der Waals surface area contributed by atoms with Gasteiger partial charge in [0.25, 0.3) is 0 Å². The standard InChI is InChI=1S/C31H23N3O/c1-35-26-17-18-27-28(21-26)33-31(32-27)34-29(23-13-7-3-8-14-23)19-25(22-11-5-2-6-12-22)20-30(34)24-15-9-4-10-16-24/h2-21H,1H3. The molecule has 0 saturated carbocycles. The second kappa shape index (κ2) is 8.92. The largest absolute Gasteiger partial charge is 0.497 e. The third kappa shape index (κ3) is 3.96. The number of aromatic nitrogens is 3. The van der Waals surface area contributed by atoms with E-state index in [0.717, 1.165) is 50.4 Å². The maximum Gasteiger partial charge on any atom is 0.235 e. The Kier molecular flexibility index (Phi) is 5.32. The summed E-state index contributed by atoms with van der Waals surface area (Å²) in [6.45, 7) is 0. The van der Waals surface area contributed by atoms with Crippen LogP contribution in [-0.4, -0.2) is 12.1 Å². The van der Waals surface area contributed by atoms with Gasteiger partial charge < -0.3 is 4.74 Å². The molecule has 0 spiro atoms. The molecule has 0 N–H and O–H groups in total. The Morgan fingerprint density at radius 2 is 1.14 bits per heavy atom. The molecule has 0 aliphatic heterocycles. The molecule has 0 amide bonds. The van der Waals surface area contributed by atoms with Crippen LogP contribution in [0.4, 0.5) is 0 Å². The van der Waals surface area contributed by atoms with Crippen molar-refractivity contribution in [3.05, 3.63) is 121 Å².